The third-order valence-corrected chi connectivity index (χ3v) is 3.88. The van der Waals surface area contributed by atoms with Crippen LogP contribution >= 0.6 is 0 Å². The molecule has 20 heavy (non-hydrogen) atoms. The molecule has 3 nitrogen and oxygen atoms in total. The number of nitrogens with two attached hydrogens (primary N) is 1. The molecule has 0 saturated heterocycles. The molecule has 0 saturated carbocycles. The molecule has 1 aromatic carbocycles. The Balaban J connectivity index is 2.01. The first-order valence-electron chi connectivity index (χ1n) is 6.38. The van der Waals surface area contributed by atoms with Crippen molar-refractivity contribution in [2.45, 2.75) is 31.0 Å². The summed E-state index contributed by atoms with van der Waals surface area (Å²) in [5.74, 6) is 0. The van der Waals surface area contributed by atoms with E-state index in [1.54, 1.807) is 0 Å². The first-order chi connectivity index (χ1) is 9.40. The van der Waals surface area contributed by atoms with E-state index in [1.165, 1.54) is 0 Å². The zero-order chi connectivity index (χ0) is 14.4. The summed E-state index contributed by atoms with van der Waals surface area (Å²) in [6.45, 7) is 0. The van der Waals surface area contributed by atoms with Crippen molar-refractivity contribution in [3.05, 3.63) is 52.8 Å². The second-order valence-corrected chi connectivity index (χ2v) is 5.23. The van der Waals surface area contributed by atoms with E-state index in [-0.39, 0.29) is 12.0 Å². The normalized spacial score (nSPS) is 22.6. The Kier molecular flexibility index (Phi) is 2.86. The zero-order valence-electron chi connectivity index (χ0n) is 10.7. The fraction of sp³-hybridized carbons (Fsp3) is 0.357. The van der Waals surface area contributed by atoms with Gasteiger partial charge in [-0.1, -0.05) is 30.3 Å². The van der Waals surface area contributed by atoms with Crippen LogP contribution in [0.2, 0.25) is 0 Å². The number of H-pyrrole nitrogens is 1. The van der Waals surface area contributed by atoms with Crippen molar-refractivity contribution in [1.82, 2.24) is 10.2 Å². The van der Waals surface area contributed by atoms with Crippen LogP contribution in [0.15, 0.2) is 30.3 Å². The van der Waals surface area contributed by atoms with Crippen LogP contribution in [-0.2, 0) is 24.6 Å². The summed E-state index contributed by atoms with van der Waals surface area (Å²) in [7, 11) is 0. The van der Waals surface area contributed by atoms with Crippen molar-refractivity contribution in [3.8, 4) is 0 Å². The largest absolute Gasteiger partial charge is 0.435 e. The molecule has 1 unspecified atom stereocenters. The Morgan fingerprint density at radius 3 is 2.55 bits per heavy atom. The molecule has 1 atom stereocenters. The standard InChI is InChI=1S/C14H14F3N3/c15-14(16,17)12-10-8-13(18,7-6-11(10)19-20-12)9-4-2-1-3-5-9/h1-5H,6-8,18H2,(H,19,20). The molecule has 2 aromatic rings. The number of halogens is 3. The zero-order valence-corrected chi connectivity index (χ0v) is 10.7. The van der Waals surface area contributed by atoms with Crippen molar-refractivity contribution < 1.29 is 13.2 Å². The van der Waals surface area contributed by atoms with Crippen LogP contribution in [0, 0.1) is 0 Å². The smallest absolute Gasteiger partial charge is 0.321 e. The van der Waals surface area contributed by atoms with Gasteiger partial charge in [-0.15, -0.1) is 0 Å². The topological polar surface area (TPSA) is 54.7 Å². The van der Waals surface area contributed by atoms with Crippen molar-refractivity contribution in [1.29, 1.82) is 0 Å². The Morgan fingerprint density at radius 1 is 1.20 bits per heavy atom. The van der Waals surface area contributed by atoms with Gasteiger partial charge in [-0.25, -0.2) is 0 Å². The highest BCUT2D eigenvalue weighted by Gasteiger charge is 2.42. The third-order valence-electron chi connectivity index (χ3n) is 3.88. The summed E-state index contributed by atoms with van der Waals surface area (Å²) in [6, 6.07) is 9.27. The number of fused-ring (bicyclic) bond motifs is 1. The van der Waals surface area contributed by atoms with Gasteiger partial charge in [0.05, 0.1) is 0 Å². The van der Waals surface area contributed by atoms with Gasteiger partial charge in [0.15, 0.2) is 5.69 Å². The molecular weight excluding hydrogens is 267 g/mol. The predicted octanol–water partition coefficient (Wildman–Crippen LogP) is 2.77. The quantitative estimate of drug-likeness (QED) is 0.844. The molecule has 1 aromatic heterocycles. The van der Waals surface area contributed by atoms with Crippen LogP contribution in [-0.4, -0.2) is 10.2 Å². The number of nitrogens with zero attached hydrogens (tertiary/aromatic N) is 1. The van der Waals surface area contributed by atoms with E-state index >= 15 is 0 Å². The predicted molar refractivity (Wildman–Crippen MR) is 67.9 cm³/mol. The highest BCUT2D eigenvalue weighted by atomic mass is 19.4. The van der Waals surface area contributed by atoms with Crippen LogP contribution < -0.4 is 5.73 Å². The minimum atomic E-state index is -4.45. The van der Waals surface area contributed by atoms with Gasteiger partial charge >= 0.3 is 6.18 Å². The van der Waals surface area contributed by atoms with E-state index < -0.39 is 17.4 Å². The van der Waals surface area contributed by atoms with Gasteiger partial charge in [0, 0.05) is 16.8 Å². The van der Waals surface area contributed by atoms with Gasteiger partial charge in [0.1, 0.15) is 0 Å². The SMILES string of the molecule is NC1(c2ccccc2)CCc2[nH]nc(C(F)(F)F)c2C1. The Labute approximate surface area is 114 Å². The number of rotatable bonds is 1. The van der Waals surface area contributed by atoms with Crippen LogP contribution in [0.25, 0.3) is 0 Å². The molecule has 0 aliphatic heterocycles. The van der Waals surface area contributed by atoms with Crippen LogP contribution in [0.1, 0.15) is 28.9 Å². The second-order valence-electron chi connectivity index (χ2n) is 5.23. The van der Waals surface area contributed by atoms with E-state index in [4.69, 9.17) is 5.73 Å². The lowest BCUT2D eigenvalue weighted by atomic mass is 9.76. The summed E-state index contributed by atoms with van der Waals surface area (Å²) in [4.78, 5) is 0. The lowest BCUT2D eigenvalue weighted by molar-refractivity contribution is -0.141. The summed E-state index contributed by atoms with van der Waals surface area (Å²) in [5, 5.41) is 5.92. The molecule has 0 fully saturated rings. The molecule has 106 valence electrons. The van der Waals surface area contributed by atoms with Crippen molar-refractivity contribution in [3.63, 3.8) is 0 Å². The van der Waals surface area contributed by atoms with Gasteiger partial charge in [-0.3, -0.25) is 5.10 Å². The number of benzene rings is 1. The molecule has 1 aliphatic carbocycles. The summed E-state index contributed by atoms with van der Waals surface area (Å²) in [5.41, 5.74) is 6.37. The number of aryl methyl sites for hydroxylation is 1. The van der Waals surface area contributed by atoms with E-state index in [9.17, 15) is 13.2 Å². The number of aromatic amines is 1. The molecule has 0 radical (unpaired) electrons. The van der Waals surface area contributed by atoms with Crippen LogP contribution in [0.3, 0.4) is 0 Å². The van der Waals surface area contributed by atoms with Gasteiger partial charge in [-0.05, 0) is 24.8 Å². The monoisotopic (exact) mass is 281 g/mol. The van der Waals surface area contributed by atoms with Gasteiger partial charge in [0.2, 0.25) is 0 Å². The Hall–Kier alpha value is -1.82. The van der Waals surface area contributed by atoms with Crippen molar-refractivity contribution in [2.24, 2.45) is 5.73 Å². The lowest BCUT2D eigenvalue weighted by Crippen LogP contribution is -2.42. The molecular formula is C14H14F3N3. The Morgan fingerprint density at radius 2 is 1.90 bits per heavy atom. The van der Waals surface area contributed by atoms with Crippen LogP contribution in [0.4, 0.5) is 13.2 Å². The van der Waals surface area contributed by atoms with Crippen molar-refractivity contribution in [2.75, 3.05) is 0 Å². The van der Waals surface area contributed by atoms with Gasteiger partial charge < -0.3 is 5.73 Å². The highest BCUT2D eigenvalue weighted by molar-refractivity contribution is 5.37. The van der Waals surface area contributed by atoms with Crippen LogP contribution in [0.5, 0.6) is 0 Å². The molecule has 1 heterocycles. The molecule has 3 N–H and O–H groups in total. The molecule has 3 rings (SSSR count). The fourth-order valence-electron chi connectivity index (χ4n) is 2.80. The molecule has 1 aliphatic rings. The lowest BCUT2D eigenvalue weighted by Gasteiger charge is -2.34. The molecule has 0 spiro atoms. The fourth-order valence-corrected chi connectivity index (χ4v) is 2.80. The summed E-state index contributed by atoms with van der Waals surface area (Å²) >= 11 is 0. The van der Waals surface area contributed by atoms with E-state index in [1.807, 2.05) is 30.3 Å². The number of hydrogen-bond donors (Lipinski definition) is 2. The number of hydrogen-bond acceptors (Lipinski definition) is 2. The van der Waals surface area contributed by atoms with Crippen molar-refractivity contribution >= 4 is 0 Å². The van der Waals surface area contributed by atoms with E-state index in [0.29, 0.717) is 18.5 Å². The number of aromatic nitrogens is 2. The second kappa shape index (κ2) is 4.34. The van der Waals surface area contributed by atoms with E-state index in [0.717, 1.165) is 5.56 Å². The molecule has 6 heteroatoms. The third kappa shape index (κ3) is 2.10. The number of alkyl halides is 3. The first-order valence-corrected chi connectivity index (χ1v) is 6.38. The minimum absolute atomic E-state index is 0.150. The van der Waals surface area contributed by atoms with E-state index in [2.05, 4.69) is 10.2 Å². The maximum Gasteiger partial charge on any atom is 0.435 e. The maximum absolute atomic E-state index is 12.9. The minimum Gasteiger partial charge on any atom is -0.321 e. The molecule has 0 amide bonds. The molecule has 0 bridgehead atoms. The summed E-state index contributed by atoms with van der Waals surface area (Å²) < 4.78 is 38.8. The summed E-state index contributed by atoms with van der Waals surface area (Å²) in [6.07, 6.45) is -3.22. The highest BCUT2D eigenvalue weighted by Crippen LogP contribution is 2.39. The average molecular weight is 281 g/mol. The maximum atomic E-state index is 12.9. The average Bonchev–Trinajstić information content (AvgIpc) is 2.82. The Bertz CT molecular complexity index is 618. The number of nitrogens with one attached hydrogen (secondary N) is 1. The first kappa shape index (κ1) is 13.2. The van der Waals surface area contributed by atoms with Gasteiger partial charge in [-0.2, -0.15) is 18.3 Å². The van der Waals surface area contributed by atoms with Gasteiger partial charge in [0.25, 0.3) is 0 Å².